The molecule has 1 rings (SSSR count). The molecule has 1 aromatic heterocycles. The lowest BCUT2D eigenvalue weighted by atomic mass is 10.2. The molecule has 0 saturated heterocycles. The zero-order chi connectivity index (χ0) is 12.1. The standard InChI is InChI=1S/C8H12N4O4/c1-2-3-4(7(14)15)9-5-6(13)10-8(16)12-11-5/h4H,2-3H2,1H3,(H,9,11)(H,14,15)(H2,10,12,13,16)/p-1. The first-order valence-corrected chi connectivity index (χ1v) is 4.71. The highest BCUT2D eigenvalue weighted by Gasteiger charge is 2.11. The van der Waals surface area contributed by atoms with E-state index in [0.29, 0.717) is 12.8 Å². The van der Waals surface area contributed by atoms with Gasteiger partial charge in [-0.15, -0.1) is 5.10 Å². The fourth-order valence-corrected chi connectivity index (χ4v) is 1.15. The molecule has 0 saturated carbocycles. The molecular weight excluding hydrogens is 216 g/mol. The Morgan fingerprint density at radius 2 is 2.25 bits per heavy atom. The molecule has 88 valence electrons. The van der Waals surface area contributed by atoms with Gasteiger partial charge in [-0.1, -0.05) is 13.3 Å². The number of H-pyrrole nitrogens is 2. The number of carbonyl (C=O) groups is 1. The number of carboxylic acids is 1. The van der Waals surface area contributed by atoms with Gasteiger partial charge in [0, 0.05) is 0 Å². The van der Waals surface area contributed by atoms with E-state index in [1.54, 1.807) is 6.92 Å². The Bertz CT molecular complexity index is 477. The van der Waals surface area contributed by atoms with Crippen LogP contribution in [0, 0.1) is 0 Å². The van der Waals surface area contributed by atoms with Crippen LogP contribution >= 0.6 is 0 Å². The van der Waals surface area contributed by atoms with Crippen LogP contribution in [-0.4, -0.2) is 27.2 Å². The number of anilines is 1. The van der Waals surface area contributed by atoms with Gasteiger partial charge in [0.15, 0.2) is 0 Å². The van der Waals surface area contributed by atoms with E-state index in [4.69, 9.17) is 0 Å². The molecule has 1 aromatic rings. The van der Waals surface area contributed by atoms with Gasteiger partial charge in [-0.05, 0) is 6.42 Å². The Morgan fingerprint density at radius 3 is 2.75 bits per heavy atom. The lowest BCUT2D eigenvalue weighted by molar-refractivity contribution is -0.306. The normalized spacial score (nSPS) is 12.1. The Kier molecular flexibility index (Phi) is 3.81. The third kappa shape index (κ3) is 2.94. The maximum Gasteiger partial charge on any atom is 0.342 e. The molecule has 3 N–H and O–H groups in total. The Balaban J connectivity index is 2.89. The molecule has 0 aliphatic heterocycles. The van der Waals surface area contributed by atoms with Gasteiger partial charge >= 0.3 is 5.69 Å². The predicted octanol–water partition coefficient (Wildman–Crippen LogP) is -2.21. The van der Waals surface area contributed by atoms with E-state index < -0.39 is 23.3 Å². The van der Waals surface area contributed by atoms with Crippen molar-refractivity contribution in [1.82, 2.24) is 15.2 Å². The number of carboxylic acid groups (broad SMARTS) is 1. The van der Waals surface area contributed by atoms with Crippen molar-refractivity contribution in [1.29, 1.82) is 0 Å². The van der Waals surface area contributed by atoms with E-state index in [-0.39, 0.29) is 5.82 Å². The molecule has 1 atom stereocenters. The smallest absolute Gasteiger partial charge is 0.342 e. The highest BCUT2D eigenvalue weighted by molar-refractivity contribution is 5.74. The zero-order valence-corrected chi connectivity index (χ0v) is 8.57. The van der Waals surface area contributed by atoms with Crippen molar-refractivity contribution in [3.8, 4) is 0 Å². The number of aromatic amines is 2. The monoisotopic (exact) mass is 227 g/mol. The van der Waals surface area contributed by atoms with Gasteiger partial charge < -0.3 is 15.2 Å². The van der Waals surface area contributed by atoms with Gasteiger partial charge in [-0.25, -0.2) is 9.89 Å². The number of hydrogen-bond acceptors (Lipinski definition) is 6. The summed E-state index contributed by atoms with van der Waals surface area (Å²) in [7, 11) is 0. The number of nitrogens with one attached hydrogen (secondary N) is 3. The van der Waals surface area contributed by atoms with Crippen molar-refractivity contribution in [3.63, 3.8) is 0 Å². The topological polar surface area (TPSA) is 131 Å². The Hall–Kier alpha value is -2.12. The molecule has 8 heteroatoms. The van der Waals surface area contributed by atoms with Crippen molar-refractivity contribution in [2.24, 2.45) is 0 Å². The van der Waals surface area contributed by atoms with Crippen LogP contribution in [0.25, 0.3) is 0 Å². The minimum atomic E-state index is -1.32. The van der Waals surface area contributed by atoms with E-state index in [0.717, 1.165) is 0 Å². The molecule has 0 aliphatic rings. The summed E-state index contributed by atoms with van der Waals surface area (Å²) in [6, 6.07) is -1.01. The minimum Gasteiger partial charge on any atom is -0.548 e. The lowest BCUT2D eigenvalue weighted by Gasteiger charge is -2.18. The fraction of sp³-hybridized carbons (Fsp3) is 0.500. The van der Waals surface area contributed by atoms with Crippen molar-refractivity contribution >= 4 is 11.8 Å². The first kappa shape index (κ1) is 12.0. The summed E-state index contributed by atoms with van der Waals surface area (Å²) in [6.45, 7) is 1.79. The fourth-order valence-electron chi connectivity index (χ4n) is 1.15. The molecule has 0 spiro atoms. The van der Waals surface area contributed by atoms with Gasteiger partial charge in [0.25, 0.3) is 5.56 Å². The number of aromatic nitrogens is 3. The first-order chi connectivity index (χ1) is 7.54. The number of rotatable bonds is 5. The number of hydrogen-bond donors (Lipinski definition) is 3. The molecule has 1 heterocycles. The van der Waals surface area contributed by atoms with E-state index in [1.165, 1.54) is 0 Å². The van der Waals surface area contributed by atoms with Gasteiger partial charge in [0.05, 0.1) is 12.0 Å². The molecule has 16 heavy (non-hydrogen) atoms. The Labute approximate surface area is 89.7 Å². The van der Waals surface area contributed by atoms with Crippen LogP contribution in [-0.2, 0) is 4.79 Å². The molecule has 1 unspecified atom stereocenters. The summed E-state index contributed by atoms with van der Waals surface area (Å²) in [5.74, 6) is -1.57. The molecule has 0 bridgehead atoms. The van der Waals surface area contributed by atoms with Gasteiger partial charge in [-0.2, -0.15) is 0 Å². The van der Waals surface area contributed by atoms with Crippen LogP contribution in [0.3, 0.4) is 0 Å². The van der Waals surface area contributed by atoms with Crippen LogP contribution in [0.2, 0.25) is 0 Å². The highest BCUT2D eigenvalue weighted by atomic mass is 16.4. The molecule has 0 fully saturated rings. The second-order valence-electron chi connectivity index (χ2n) is 3.16. The van der Waals surface area contributed by atoms with Crippen LogP contribution < -0.4 is 21.7 Å². The minimum absolute atomic E-state index is 0.248. The molecule has 0 aliphatic carbocycles. The maximum absolute atomic E-state index is 11.2. The molecule has 0 radical (unpaired) electrons. The quantitative estimate of drug-likeness (QED) is 0.522. The molecule has 0 aromatic carbocycles. The number of aliphatic carboxylic acids is 1. The average Bonchev–Trinajstić information content (AvgIpc) is 2.20. The third-order valence-electron chi connectivity index (χ3n) is 1.88. The van der Waals surface area contributed by atoms with Gasteiger partial charge in [0.1, 0.15) is 0 Å². The second-order valence-corrected chi connectivity index (χ2v) is 3.16. The summed E-state index contributed by atoms with van der Waals surface area (Å²) in [6.07, 6.45) is 0.898. The number of nitrogens with zero attached hydrogens (tertiary/aromatic N) is 1. The lowest BCUT2D eigenvalue weighted by Crippen LogP contribution is -2.42. The van der Waals surface area contributed by atoms with Gasteiger partial charge in [0.2, 0.25) is 5.82 Å². The molecular formula is C8H11N4O4-. The SMILES string of the molecule is CCCC(Nc1n[nH]c(=O)[nH]c1=O)C(=O)[O-]. The van der Waals surface area contributed by atoms with Gasteiger partial charge in [-0.3, -0.25) is 9.78 Å². The van der Waals surface area contributed by atoms with Crippen LogP contribution in [0.5, 0.6) is 0 Å². The summed E-state index contributed by atoms with van der Waals surface area (Å²) >= 11 is 0. The first-order valence-electron chi connectivity index (χ1n) is 4.71. The van der Waals surface area contributed by atoms with Crippen LogP contribution in [0.15, 0.2) is 9.59 Å². The largest absolute Gasteiger partial charge is 0.548 e. The van der Waals surface area contributed by atoms with Crippen molar-refractivity contribution in [3.05, 3.63) is 20.8 Å². The summed E-state index contributed by atoms with van der Waals surface area (Å²) < 4.78 is 0. The summed E-state index contributed by atoms with van der Waals surface area (Å²) in [5, 5.41) is 18.5. The third-order valence-corrected chi connectivity index (χ3v) is 1.88. The van der Waals surface area contributed by atoms with E-state index in [9.17, 15) is 19.5 Å². The predicted molar refractivity (Wildman–Crippen MR) is 52.8 cm³/mol. The zero-order valence-electron chi connectivity index (χ0n) is 8.57. The summed E-state index contributed by atoms with van der Waals surface area (Å²) in [5.41, 5.74) is -1.53. The van der Waals surface area contributed by atoms with Crippen molar-refractivity contribution in [2.75, 3.05) is 5.32 Å². The molecule has 0 amide bonds. The maximum atomic E-state index is 11.2. The average molecular weight is 227 g/mol. The Morgan fingerprint density at radius 1 is 1.56 bits per heavy atom. The van der Waals surface area contributed by atoms with E-state index in [1.807, 2.05) is 10.1 Å². The van der Waals surface area contributed by atoms with E-state index >= 15 is 0 Å². The van der Waals surface area contributed by atoms with Crippen molar-refractivity contribution < 1.29 is 9.90 Å². The second kappa shape index (κ2) is 5.10. The number of carbonyl (C=O) groups excluding carboxylic acids is 1. The van der Waals surface area contributed by atoms with Crippen LogP contribution in [0.1, 0.15) is 19.8 Å². The molecule has 8 nitrogen and oxygen atoms in total. The summed E-state index contributed by atoms with van der Waals surface area (Å²) in [4.78, 5) is 34.5. The van der Waals surface area contributed by atoms with E-state index in [2.05, 4.69) is 10.4 Å². The van der Waals surface area contributed by atoms with Crippen molar-refractivity contribution in [2.45, 2.75) is 25.8 Å². The van der Waals surface area contributed by atoms with Crippen LogP contribution in [0.4, 0.5) is 5.82 Å². The highest BCUT2D eigenvalue weighted by Crippen LogP contribution is 2.01.